The summed E-state index contributed by atoms with van der Waals surface area (Å²) in [4.78, 5) is 8.29. The van der Waals surface area contributed by atoms with Crippen LogP contribution in [0.15, 0.2) is 30.7 Å². The molecule has 6 nitrogen and oxygen atoms in total. The van der Waals surface area contributed by atoms with Crippen LogP contribution in [0.1, 0.15) is 29.4 Å². The Morgan fingerprint density at radius 2 is 1.93 bits per heavy atom. The fraction of sp³-hybridized carbons (Fsp3) is 0.294. The van der Waals surface area contributed by atoms with Crippen molar-refractivity contribution in [1.82, 2.24) is 29.4 Å². The van der Waals surface area contributed by atoms with Crippen LogP contribution in [0.25, 0.3) is 16.7 Å². The van der Waals surface area contributed by atoms with Crippen LogP contribution in [-0.4, -0.2) is 35.5 Å². The quantitative estimate of drug-likeness (QED) is 0.477. The highest BCUT2D eigenvalue weighted by Gasteiger charge is 2.42. The van der Waals surface area contributed by atoms with Gasteiger partial charge < -0.3 is 0 Å². The molecule has 4 aromatic heterocycles. The molecule has 1 unspecified atom stereocenters. The lowest BCUT2D eigenvalue weighted by Crippen LogP contribution is -2.18. The number of fused-ring (bicyclic) bond motifs is 2. The molecule has 0 bridgehead atoms. The first-order valence-corrected chi connectivity index (χ1v) is 8.76. The van der Waals surface area contributed by atoms with E-state index >= 15 is 0 Å². The molecule has 1 aliphatic carbocycles. The highest BCUT2D eigenvalue weighted by molar-refractivity contribution is 6.29. The Balaban J connectivity index is 1.51. The summed E-state index contributed by atoms with van der Waals surface area (Å²) in [7, 11) is 0. The topological polar surface area (TPSA) is 60.9 Å². The zero-order valence-electron chi connectivity index (χ0n) is 14.0. The third kappa shape index (κ3) is 2.88. The summed E-state index contributed by atoms with van der Waals surface area (Å²) in [6.07, 6.45) is 0.378. The summed E-state index contributed by atoms with van der Waals surface area (Å²) < 4.78 is 54.0. The third-order valence-corrected chi connectivity index (χ3v) is 5.07. The summed E-state index contributed by atoms with van der Waals surface area (Å²) >= 11 is 6.01. The van der Waals surface area contributed by atoms with Gasteiger partial charge in [0.2, 0.25) is 5.95 Å². The molecule has 0 spiro atoms. The van der Waals surface area contributed by atoms with Crippen LogP contribution in [0.3, 0.4) is 0 Å². The van der Waals surface area contributed by atoms with E-state index in [9.17, 15) is 17.6 Å². The monoisotopic (exact) mass is 410 g/mol. The van der Waals surface area contributed by atoms with E-state index in [4.69, 9.17) is 11.6 Å². The van der Waals surface area contributed by atoms with E-state index in [1.807, 2.05) is 0 Å². The van der Waals surface area contributed by atoms with E-state index < -0.39 is 18.7 Å². The maximum atomic E-state index is 13.8. The second-order valence-electron chi connectivity index (χ2n) is 6.78. The molecule has 1 saturated carbocycles. The van der Waals surface area contributed by atoms with Crippen LogP contribution >= 0.6 is 11.6 Å². The predicted octanol–water partition coefficient (Wildman–Crippen LogP) is 4.10. The summed E-state index contributed by atoms with van der Waals surface area (Å²) in [5.74, 6) is -0.591. The van der Waals surface area contributed by atoms with Crippen molar-refractivity contribution in [3.8, 4) is 0 Å². The zero-order valence-corrected chi connectivity index (χ0v) is 14.8. The van der Waals surface area contributed by atoms with Crippen molar-refractivity contribution in [2.24, 2.45) is 0 Å². The van der Waals surface area contributed by atoms with Crippen LogP contribution in [-0.2, 0) is 6.54 Å². The van der Waals surface area contributed by atoms with E-state index in [1.165, 1.54) is 6.20 Å². The van der Waals surface area contributed by atoms with Crippen LogP contribution in [0, 0.1) is 5.95 Å². The standard InChI is InChI=1S/C17H11ClF4N6/c18-14-3-11(16-24-6-15(19)28(16)26-14)10-2-9(10)8-1-13-12(23-4-8)5-25-27(13)7-17(20,21)22/h1,3-6,9-10H,2,7H2/t9-,10?/m1/s1. The highest BCUT2D eigenvalue weighted by Crippen LogP contribution is 2.55. The van der Waals surface area contributed by atoms with Gasteiger partial charge in [-0.25, -0.2) is 4.98 Å². The van der Waals surface area contributed by atoms with Crippen LogP contribution in [0.5, 0.6) is 0 Å². The second kappa shape index (κ2) is 5.87. The van der Waals surface area contributed by atoms with E-state index in [0.29, 0.717) is 16.7 Å². The average Bonchev–Trinajstić information content (AvgIpc) is 3.22. The number of hydrogen-bond donors (Lipinski definition) is 0. The molecule has 0 saturated heterocycles. The number of nitrogens with zero attached hydrogens (tertiary/aromatic N) is 6. The minimum Gasteiger partial charge on any atom is -0.254 e. The molecule has 144 valence electrons. The van der Waals surface area contributed by atoms with Crippen molar-refractivity contribution in [2.75, 3.05) is 0 Å². The molecule has 0 amide bonds. The summed E-state index contributed by atoms with van der Waals surface area (Å²) in [5, 5.41) is 7.83. The summed E-state index contributed by atoms with van der Waals surface area (Å²) in [5.41, 5.74) is 2.64. The van der Waals surface area contributed by atoms with E-state index in [1.54, 1.807) is 18.3 Å². The van der Waals surface area contributed by atoms with Crippen LogP contribution < -0.4 is 0 Å². The number of rotatable bonds is 3. The predicted molar refractivity (Wildman–Crippen MR) is 91.6 cm³/mol. The normalized spacial score (nSPS) is 19.6. The third-order valence-electron chi connectivity index (χ3n) is 4.89. The summed E-state index contributed by atoms with van der Waals surface area (Å²) in [6, 6.07) is 3.33. The summed E-state index contributed by atoms with van der Waals surface area (Å²) in [6.45, 7) is -1.18. The molecule has 2 atom stereocenters. The maximum Gasteiger partial charge on any atom is 0.408 e. The fourth-order valence-corrected chi connectivity index (χ4v) is 3.78. The molecule has 11 heteroatoms. The Bertz CT molecular complexity index is 1210. The number of pyridine rings is 1. The van der Waals surface area contributed by atoms with Crippen LogP contribution in [0.2, 0.25) is 5.15 Å². The number of aromatic nitrogens is 6. The maximum absolute atomic E-state index is 13.8. The van der Waals surface area contributed by atoms with Gasteiger partial charge >= 0.3 is 6.18 Å². The van der Waals surface area contributed by atoms with Gasteiger partial charge in [0.15, 0.2) is 10.8 Å². The number of hydrogen-bond acceptors (Lipinski definition) is 4. The first-order chi connectivity index (χ1) is 13.3. The Hall–Kier alpha value is -2.75. The van der Waals surface area contributed by atoms with Gasteiger partial charge in [0.25, 0.3) is 0 Å². The molecule has 0 radical (unpaired) electrons. The number of alkyl halides is 3. The van der Waals surface area contributed by atoms with Crippen molar-refractivity contribution >= 4 is 28.3 Å². The van der Waals surface area contributed by atoms with Crippen molar-refractivity contribution < 1.29 is 17.6 Å². The Kier molecular flexibility index (Phi) is 3.64. The molecule has 0 aliphatic heterocycles. The molecular weight excluding hydrogens is 400 g/mol. The molecule has 1 fully saturated rings. The molecular formula is C17H11ClF4N6. The van der Waals surface area contributed by atoms with Crippen molar-refractivity contribution in [3.05, 3.63) is 53.0 Å². The van der Waals surface area contributed by atoms with Crippen molar-refractivity contribution in [2.45, 2.75) is 31.0 Å². The van der Waals surface area contributed by atoms with E-state index in [0.717, 1.165) is 32.9 Å². The molecule has 28 heavy (non-hydrogen) atoms. The van der Waals surface area contributed by atoms with Gasteiger partial charge in [-0.3, -0.25) is 9.67 Å². The Morgan fingerprint density at radius 1 is 1.11 bits per heavy atom. The highest BCUT2D eigenvalue weighted by atomic mass is 35.5. The van der Waals surface area contributed by atoms with Gasteiger partial charge in [-0.05, 0) is 36.0 Å². The minimum absolute atomic E-state index is 0.00281. The largest absolute Gasteiger partial charge is 0.408 e. The number of imidazole rings is 1. The molecule has 4 heterocycles. The van der Waals surface area contributed by atoms with Crippen molar-refractivity contribution in [3.63, 3.8) is 0 Å². The Morgan fingerprint density at radius 3 is 2.71 bits per heavy atom. The van der Waals surface area contributed by atoms with E-state index in [2.05, 4.69) is 20.2 Å². The lowest BCUT2D eigenvalue weighted by Gasteiger charge is -2.08. The smallest absolute Gasteiger partial charge is 0.254 e. The molecule has 0 aromatic carbocycles. The van der Waals surface area contributed by atoms with E-state index in [-0.39, 0.29) is 17.0 Å². The first-order valence-electron chi connectivity index (χ1n) is 8.38. The minimum atomic E-state index is -4.37. The van der Waals surface area contributed by atoms with Gasteiger partial charge in [-0.1, -0.05) is 11.6 Å². The average molecular weight is 411 g/mol. The molecule has 1 aliphatic rings. The second-order valence-corrected chi connectivity index (χ2v) is 7.17. The zero-order chi connectivity index (χ0) is 19.6. The lowest BCUT2D eigenvalue weighted by atomic mass is 10.1. The SMILES string of the molecule is Fc1cnc2c(C3C[C@@H]3c3cnc4cnn(CC(F)(F)F)c4c3)cc(Cl)nn12. The van der Waals surface area contributed by atoms with Gasteiger partial charge in [0.05, 0.1) is 17.9 Å². The lowest BCUT2D eigenvalue weighted by molar-refractivity contribution is -0.141. The van der Waals surface area contributed by atoms with Gasteiger partial charge in [-0.2, -0.15) is 32.3 Å². The van der Waals surface area contributed by atoms with Gasteiger partial charge in [0, 0.05) is 11.8 Å². The van der Waals surface area contributed by atoms with Crippen LogP contribution in [0.4, 0.5) is 17.6 Å². The first kappa shape index (κ1) is 17.4. The Labute approximate surface area is 159 Å². The molecule has 0 N–H and O–H groups in total. The van der Waals surface area contributed by atoms with Gasteiger partial charge in [0.1, 0.15) is 12.1 Å². The number of halogens is 5. The van der Waals surface area contributed by atoms with Crippen molar-refractivity contribution in [1.29, 1.82) is 0 Å². The molecule has 5 rings (SSSR count). The van der Waals surface area contributed by atoms with Gasteiger partial charge in [-0.15, -0.1) is 0 Å². The molecule has 4 aromatic rings. The fourth-order valence-electron chi connectivity index (χ4n) is 3.58.